The largest absolute Gasteiger partial charge is 0.399 e. The fraction of sp³-hybridized carbons (Fsp3) is 0.733. The van der Waals surface area contributed by atoms with E-state index in [-0.39, 0.29) is 11.9 Å². The smallest absolute Gasteiger partial charge is 0.240 e. The Labute approximate surface area is 141 Å². The first-order valence-electron chi connectivity index (χ1n) is 8.16. The van der Waals surface area contributed by atoms with Gasteiger partial charge in [0.25, 0.3) is 0 Å². The molecule has 0 saturated carbocycles. The highest BCUT2D eigenvalue weighted by Gasteiger charge is 2.32. The van der Waals surface area contributed by atoms with Gasteiger partial charge in [0.05, 0.1) is 18.3 Å². The molecule has 3 rings (SSSR count). The van der Waals surface area contributed by atoms with E-state index in [0.717, 1.165) is 44.9 Å². The standard InChI is InChI=1S/C15H24N6O3/c1-11(22)21-6-4-20(5-7-21)10-14-16-15(18-24-14)13-8-12(17-23-3)9-19(13)2/h13H,4-10H2,1-3H3. The van der Waals surface area contributed by atoms with E-state index in [0.29, 0.717) is 18.3 Å². The highest BCUT2D eigenvalue weighted by molar-refractivity contribution is 5.88. The number of hydrogen-bond acceptors (Lipinski definition) is 8. The summed E-state index contributed by atoms with van der Waals surface area (Å²) in [4.78, 5) is 27.0. The number of amides is 1. The molecular weight excluding hydrogens is 312 g/mol. The van der Waals surface area contributed by atoms with E-state index >= 15 is 0 Å². The number of likely N-dealkylation sites (tertiary alicyclic amines) is 1. The van der Waals surface area contributed by atoms with Crippen LogP contribution in [0.15, 0.2) is 9.68 Å². The fourth-order valence-corrected chi connectivity index (χ4v) is 3.21. The van der Waals surface area contributed by atoms with Gasteiger partial charge in [-0.3, -0.25) is 14.6 Å². The lowest BCUT2D eigenvalue weighted by molar-refractivity contribution is -0.130. The zero-order valence-corrected chi connectivity index (χ0v) is 14.4. The minimum atomic E-state index is 0.0750. The molecule has 0 spiro atoms. The molecule has 1 atom stereocenters. The van der Waals surface area contributed by atoms with Gasteiger partial charge >= 0.3 is 0 Å². The SMILES string of the molecule is CON=C1CC(c2noc(CN3CCN(C(C)=O)CC3)n2)N(C)C1. The number of hydrogen-bond donors (Lipinski definition) is 0. The summed E-state index contributed by atoms with van der Waals surface area (Å²) < 4.78 is 5.42. The van der Waals surface area contributed by atoms with Crippen LogP contribution in [0.1, 0.15) is 31.1 Å². The van der Waals surface area contributed by atoms with Gasteiger partial charge in [-0.05, 0) is 7.05 Å². The number of piperazine rings is 1. The minimum Gasteiger partial charge on any atom is -0.399 e. The van der Waals surface area contributed by atoms with Crippen LogP contribution in [0.4, 0.5) is 0 Å². The summed E-state index contributed by atoms with van der Waals surface area (Å²) in [5.74, 6) is 1.44. The van der Waals surface area contributed by atoms with Crippen molar-refractivity contribution in [2.24, 2.45) is 5.16 Å². The summed E-state index contributed by atoms with van der Waals surface area (Å²) in [6.45, 7) is 6.12. The first kappa shape index (κ1) is 16.8. The van der Waals surface area contributed by atoms with E-state index in [2.05, 4.69) is 25.1 Å². The van der Waals surface area contributed by atoms with E-state index in [9.17, 15) is 4.79 Å². The summed E-state index contributed by atoms with van der Waals surface area (Å²) in [7, 11) is 3.57. The number of aromatic nitrogens is 2. The predicted molar refractivity (Wildman–Crippen MR) is 86.3 cm³/mol. The lowest BCUT2D eigenvalue weighted by atomic mass is 10.2. The monoisotopic (exact) mass is 336 g/mol. The quantitative estimate of drug-likeness (QED) is 0.721. The van der Waals surface area contributed by atoms with Crippen molar-refractivity contribution in [1.82, 2.24) is 24.8 Å². The van der Waals surface area contributed by atoms with Crippen LogP contribution in [0.25, 0.3) is 0 Å². The maximum absolute atomic E-state index is 11.4. The normalized spacial score (nSPS) is 24.7. The van der Waals surface area contributed by atoms with Crippen molar-refractivity contribution < 1.29 is 14.2 Å². The van der Waals surface area contributed by atoms with Crippen molar-refractivity contribution in [3.05, 3.63) is 11.7 Å². The summed E-state index contributed by atoms with van der Waals surface area (Å²) in [5, 5.41) is 8.16. The maximum Gasteiger partial charge on any atom is 0.240 e. The number of nitrogens with zero attached hydrogens (tertiary/aromatic N) is 6. The molecular formula is C15H24N6O3. The molecule has 0 bridgehead atoms. The average molecular weight is 336 g/mol. The molecule has 1 aromatic heterocycles. The van der Waals surface area contributed by atoms with E-state index in [1.54, 1.807) is 14.0 Å². The van der Waals surface area contributed by atoms with Gasteiger partial charge < -0.3 is 14.3 Å². The second-order valence-electron chi connectivity index (χ2n) is 6.30. The van der Waals surface area contributed by atoms with Crippen LogP contribution < -0.4 is 0 Å². The van der Waals surface area contributed by atoms with Crippen molar-refractivity contribution in [3.8, 4) is 0 Å². The van der Waals surface area contributed by atoms with Crippen LogP contribution in [-0.4, -0.2) is 83.3 Å². The molecule has 9 nitrogen and oxygen atoms in total. The molecule has 132 valence electrons. The molecule has 0 aromatic carbocycles. The molecule has 2 aliphatic heterocycles. The van der Waals surface area contributed by atoms with Crippen molar-refractivity contribution in [2.45, 2.75) is 25.9 Å². The Morgan fingerprint density at radius 1 is 1.38 bits per heavy atom. The van der Waals surface area contributed by atoms with Crippen LogP contribution in [-0.2, 0) is 16.2 Å². The third kappa shape index (κ3) is 3.73. The summed E-state index contributed by atoms with van der Waals surface area (Å²) in [5.41, 5.74) is 0.983. The molecule has 0 aliphatic carbocycles. The van der Waals surface area contributed by atoms with Gasteiger partial charge in [0.2, 0.25) is 11.8 Å². The highest BCUT2D eigenvalue weighted by Crippen LogP contribution is 2.27. The third-order valence-corrected chi connectivity index (χ3v) is 4.57. The van der Waals surface area contributed by atoms with Gasteiger partial charge in [0.1, 0.15) is 7.11 Å². The summed E-state index contributed by atoms with van der Waals surface area (Å²) in [6, 6.07) is 0.0750. The lowest BCUT2D eigenvalue weighted by Gasteiger charge is -2.33. The lowest BCUT2D eigenvalue weighted by Crippen LogP contribution is -2.47. The highest BCUT2D eigenvalue weighted by atomic mass is 16.6. The molecule has 2 aliphatic rings. The van der Waals surface area contributed by atoms with Crippen molar-refractivity contribution in [2.75, 3.05) is 46.9 Å². The number of carbonyl (C=O) groups is 1. The second-order valence-corrected chi connectivity index (χ2v) is 6.30. The van der Waals surface area contributed by atoms with Crippen molar-refractivity contribution in [3.63, 3.8) is 0 Å². The fourth-order valence-electron chi connectivity index (χ4n) is 3.21. The van der Waals surface area contributed by atoms with Crippen LogP contribution in [0.5, 0.6) is 0 Å². The number of rotatable bonds is 4. The molecule has 3 heterocycles. The molecule has 1 aromatic rings. The molecule has 1 amide bonds. The Balaban J connectivity index is 1.57. The third-order valence-electron chi connectivity index (χ3n) is 4.57. The van der Waals surface area contributed by atoms with E-state index in [4.69, 9.17) is 9.36 Å². The first-order valence-corrected chi connectivity index (χ1v) is 8.16. The molecule has 0 radical (unpaired) electrons. The van der Waals surface area contributed by atoms with Crippen LogP contribution in [0.2, 0.25) is 0 Å². The van der Waals surface area contributed by atoms with Gasteiger partial charge in [0, 0.05) is 46.1 Å². The summed E-state index contributed by atoms with van der Waals surface area (Å²) in [6.07, 6.45) is 0.751. The second kappa shape index (κ2) is 7.27. The minimum absolute atomic E-state index is 0.0750. The van der Waals surface area contributed by atoms with E-state index in [1.165, 1.54) is 0 Å². The molecule has 24 heavy (non-hydrogen) atoms. The van der Waals surface area contributed by atoms with Gasteiger partial charge in [-0.2, -0.15) is 4.98 Å². The predicted octanol–water partition coefficient (Wildman–Crippen LogP) is 0.113. The van der Waals surface area contributed by atoms with Crippen LogP contribution >= 0.6 is 0 Å². The molecule has 2 saturated heterocycles. The number of oxime groups is 1. The Morgan fingerprint density at radius 3 is 2.79 bits per heavy atom. The zero-order valence-electron chi connectivity index (χ0n) is 14.4. The van der Waals surface area contributed by atoms with Gasteiger partial charge in [0.15, 0.2) is 5.82 Å². The first-order chi connectivity index (χ1) is 11.6. The van der Waals surface area contributed by atoms with Crippen molar-refractivity contribution in [1.29, 1.82) is 0 Å². The summed E-state index contributed by atoms with van der Waals surface area (Å²) >= 11 is 0. The number of carbonyl (C=O) groups excluding carboxylic acids is 1. The Morgan fingerprint density at radius 2 is 2.12 bits per heavy atom. The molecule has 1 unspecified atom stereocenters. The van der Waals surface area contributed by atoms with Crippen molar-refractivity contribution >= 4 is 11.6 Å². The molecule has 9 heteroatoms. The van der Waals surface area contributed by atoms with E-state index < -0.39 is 0 Å². The van der Waals surface area contributed by atoms with Gasteiger partial charge in [-0.25, -0.2) is 0 Å². The maximum atomic E-state index is 11.4. The van der Waals surface area contributed by atoms with Crippen LogP contribution in [0.3, 0.4) is 0 Å². The van der Waals surface area contributed by atoms with Gasteiger partial charge in [-0.15, -0.1) is 0 Å². The average Bonchev–Trinajstić information content (AvgIpc) is 3.15. The van der Waals surface area contributed by atoms with Gasteiger partial charge in [-0.1, -0.05) is 10.3 Å². The van der Waals surface area contributed by atoms with Crippen LogP contribution in [0, 0.1) is 0 Å². The Hall–Kier alpha value is -2.00. The topological polar surface area (TPSA) is 87.3 Å². The Kier molecular flexibility index (Phi) is 5.10. The molecule has 0 N–H and O–H groups in total. The zero-order chi connectivity index (χ0) is 17.1. The Bertz CT molecular complexity index is 608. The van der Waals surface area contributed by atoms with E-state index in [1.807, 2.05) is 11.9 Å². The molecule has 2 fully saturated rings.